The van der Waals surface area contributed by atoms with Gasteiger partial charge in [-0.15, -0.1) is 11.3 Å². The van der Waals surface area contributed by atoms with Gasteiger partial charge in [0, 0.05) is 10.9 Å². The number of benzene rings is 2. The third kappa shape index (κ3) is 3.41. The normalized spacial score (nSPS) is 10.2. The summed E-state index contributed by atoms with van der Waals surface area (Å²) in [6.45, 7) is 0. The van der Waals surface area contributed by atoms with Crippen LogP contribution in [0.25, 0.3) is 11.3 Å². The summed E-state index contributed by atoms with van der Waals surface area (Å²) in [5.41, 5.74) is 6.98. The van der Waals surface area contributed by atoms with Crippen LogP contribution in [0, 0.1) is 0 Å². The number of aromatic carboxylic acids is 1. The third-order valence-electron chi connectivity index (χ3n) is 3.26. The highest BCUT2D eigenvalue weighted by atomic mass is 32.1. The number of amides is 1. The Hall–Kier alpha value is -3.19. The Bertz CT molecular complexity index is 878. The molecule has 1 amide bonds. The van der Waals surface area contributed by atoms with E-state index in [0.717, 1.165) is 11.3 Å². The first-order chi connectivity index (χ1) is 11.6. The highest BCUT2D eigenvalue weighted by molar-refractivity contribution is 7.14. The Balaban J connectivity index is 1.70. The summed E-state index contributed by atoms with van der Waals surface area (Å²) in [5.74, 6) is -1.69. The number of hydrogen-bond donors (Lipinski definition) is 3. The number of hydrogen-bond acceptors (Lipinski definition) is 5. The molecule has 0 fully saturated rings. The Kier molecular flexibility index (Phi) is 4.53. The van der Waals surface area contributed by atoms with Gasteiger partial charge >= 0.3 is 5.97 Å². The van der Waals surface area contributed by atoms with Crippen LogP contribution in [0.5, 0.6) is 0 Å². The molecule has 24 heavy (non-hydrogen) atoms. The second-order valence-corrected chi connectivity index (χ2v) is 5.69. The van der Waals surface area contributed by atoms with Gasteiger partial charge in [0.1, 0.15) is 0 Å². The fraction of sp³-hybridized carbons (Fsp3) is 0. The number of nitrogens with one attached hydrogen (secondary N) is 2. The lowest BCUT2D eigenvalue weighted by Gasteiger charge is -2.07. The Morgan fingerprint density at radius 3 is 2.33 bits per heavy atom. The molecular weight excluding hydrogens is 326 g/mol. The maximum atomic E-state index is 12.2. The number of carboxylic acids is 1. The second-order valence-electron chi connectivity index (χ2n) is 4.83. The number of rotatable bonds is 5. The van der Waals surface area contributed by atoms with E-state index in [9.17, 15) is 9.59 Å². The molecule has 2 aromatic carbocycles. The molecule has 6 nitrogen and oxygen atoms in total. The smallest absolute Gasteiger partial charge is 0.336 e. The number of aromatic nitrogens is 1. The highest BCUT2D eigenvalue weighted by Gasteiger charge is 2.15. The van der Waals surface area contributed by atoms with Gasteiger partial charge in [0.2, 0.25) is 5.13 Å². The van der Waals surface area contributed by atoms with Gasteiger partial charge in [-0.05, 0) is 12.1 Å². The number of hydrazine groups is 1. The van der Waals surface area contributed by atoms with Crippen LogP contribution < -0.4 is 10.9 Å². The van der Waals surface area contributed by atoms with Crippen molar-refractivity contribution < 1.29 is 14.7 Å². The van der Waals surface area contributed by atoms with Gasteiger partial charge in [-0.2, -0.15) is 0 Å². The first-order valence-electron chi connectivity index (χ1n) is 7.05. The van der Waals surface area contributed by atoms with E-state index in [4.69, 9.17) is 5.11 Å². The molecule has 3 aromatic rings. The second kappa shape index (κ2) is 6.93. The molecule has 0 radical (unpaired) electrons. The van der Waals surface area contributed by atoms with E-state index >= 15 is 0 Å². The van der Waals surface area contributed by atoms with Crippen LogP contribution in [0.3, 0.4) is 0 Å². The summed E-state index contributed by atoms with van der Waals surface area (Å²) in [6.07, 6.45) is 0. The van der Waals surface area contributed by atoms with Crippen molar-refractivity contribution in [2.75, 3.05) is 5.43 Å². The zero-order valence-corrected chi connectivity index (χ0v) is 13.2. The molecule has 0 bridgehead atoms. The molecular formula is C17H13N3O3S. The summed E-state index contributed by atoms with van der Waals surface area (Å²) in [6, 6.07) is 15.7. The Morgan fingerprint density at radius 1 is 0.958 bits per heavy atom. The van der Waals surface area contributed by atoms with Crippen LogP contribution in [-0.4, -0.2) is 22.0 Å². The molecule has 0 saturated carbocycles. The average Bonchev–Trinajstić information content (AvgIpc) is 3.09. The lowest BCUT2D eigenvalue weighted by atomic mass is 10.1. The van der Waals surface area contributed by atoms with Gasteiger partial charge < -0.3 is 5.11 Å². The quantitative estimate of drug-likeness (QED) is 0.621. The number of anilines is 1. The van der Waals surface area contributed by atoms with Crippen LogP contribution in [-0.2, 0) is 0 Å². The number of carboxylic acid groups (broad SMARTS) is 1. The van der Waals surface area contributed by atoms with Crippen molar-refractivity contribution in [2.45, 2.75) is 0 Å². The summed E-state index contributed by atoms with van der Waals surface area (Å²) in [4.78, 5) is 27.7. The number of thiazole rings is 1. The molecule has 1 heterocycles. The van der Waals surface area contributed by atoms with Crippen molar-refractivity contribution >= 4 is 28.3 Å². The topological polar surface area (TPSA) is 91.3 Å². The molecule has 120 valence electrons. The third-order valence-corrected chi connectivity index (χ3v) is 4.02. The Labute approximate surface area is 141 Å². The van der Waals surface area contributed by atoms with E-state index in [2.05, 4.69) is 15.8 Å². The van der Waals surface area contributed by atoms with Gasteiger partial charge in [0.25, 0.3) is 5.91 Å². The van der Waals surface area contributed by atoms with Crippen LogP contribution in [0.4, 0.5) is 5.13 Å². The molecule has 0 saturated heterocycles. The van der Waals surface area contributed by atoms with E-state index in [1.807, 2.05) is 35.7 Å². The largest absolute Gasteiger partial charge is 0.478 e. The van der Waals surface area contributed by atoms with E-state index in [-0.39, 0.29) is 11.1 Å². The van der Waals surface area contributed by atoms with E-state index in [1.165, 1.54) is 23.5 Å². The van der Waals surface area contributed by atoms with Gasteiger partial charge in [-0.3, -0.25) is 15.6 Å². The number of carbonyl (C=O) groups is 2. The summed E-state index contributed by atoms with van der Waals surface area (Å²) in [5, 5.41) is 11.5. The van der Waals surface area contributed by atoms with Crippen molar-refractivity contribution in [3.05, 3.63) is 71.1 Å². The van der Waals surface area contributed by atoms with Gasteiger partial charge in [0.05, 0.1) is 16.8 Å². The van der Waals surface area contributed by atoms with Gasteiger partial charge in [-0.25, -0.2) is 9.78 Å². The molecule has 0 unspecified atom stereocenters. The SMILES string of the molecule is O=C(O)c1ccccc1C(=O)NNc1nc(-c2ccccc2)cs1. The Morgan fingerprint density at radius 2 is 1.62 bits per heavy atom. The monoisotopic (exact) mass is 339 g/mol. The molecule has 3 N–H and O–H groups in total. The summed E-state index contributed by atoms with van der Waals surface area (Å²) < 4.78 is 0. The predicted molar refractivity (Wildman–Crippen MR) is 92.0 cm³/mol. The van der Waals surface area contributed by atoms with Crippen molar-refractivity contribution in [1.29, 1.82) is 0 Å². The minimum Gasteiger partial charge on any atom is -0.478 e. The molecule has 1 aromatic heterocycles. The van der Waals surface area contributed by atoms with Crippen molar-refractivity contribution in [3.8, 4) is 11.3 Å². The van der Waals surface area contributed by atoms with Crippen LogP contribution in [0.1, 0.15) is 20.7 Å². The molecule has 0 atom stereocenters. The summed E-state index contributed by atoms with van der Waals surface area (Å²) >= 11 is 1.34. The van der Waals surface area contributed by atoms with Crippen LogP contribution >= 0.6 is 11.3 Å². The zero-order chi connectivity index (χ0) is 16.9. The first kappa shape index (κ1) is 15.7. The minimum atomic E-state index is -1.15. The lowest BCUT2D eigenvalue weighted by molar-refractivity contribution is 0.0691. The minimum absolute atomic E-state index is 0.0547. The van der Waals surface area contributed by atoms with E-state index in [0.29, 0.717) is 5.13 Å². The fourth-order valence-electron chi connectivity index (χ4n) is 2.12. The average molecular weight is 339 g/mol. The predicted octanol–water partition coefficient (Wildman–Crippen LogP) is 3.27. The standard InChI is InChI=1S/C17H13N3O3S/c21-15(12-8-4-5-9-13(12)16(22)23)19-20-17-18-14(10-24-17)11-6-2-1-3-7-11/h1-10H,(H,18,20)(H,19,21)(H,22,23). The van der Waals surface area contributed by atoms with Crippen molar-refractivity contribution in [2.24, 2.45) is 0 Å². The molecule has 0 aliphatic heterocycles. The highest BCUT2D eigenvalue weighted by Crippen LogP contribution is 2.24. The molecule has 0 aliphatic rings. The van der Waals surface area contributed by atoms with Crippen molar-refractivity contribution in [1.82, 2.24) is 10.4 Å². The maximum Gasteiger partial charge on any atom is 0.336 e. The van der Waals surface area contributed by atoms with Crippen molar-refractivity contribution in [3.63, 3.8) is 0 Å². The first-order valence-corrected chi connectivity index (χ1v) is 7.93. The molecule has 3 rings (SSSR count). The van der Waals surface area contributed by atoms with E-state index < -0.39 is 11.9 Å². The molecule has 7 heteroatoms. The zero-order valence-electron chi connectivity index (χ0n) is 12.4. The van der Waals surface area contributed by atoms with Crippen LogP contribution in [0.2, 0.25) is 0 Å². The number of carbonyl (C=O) groups excluding carboxylic acids is 1. The lowest BCUT2D eigenvalue weighted by Crippen LogP contribution is -2.30. The van der Waals surface area contributed by atoms with Crippen LogP contribution in [0.15, 0.2) is 60.0 Å². The van der Waals surface area contributed by atoms with E-state index in [1.54, 1.807) is 12.1 Å². The molecule has 0 spiro atoms. The molecule has 0 aliphatic carbocycles. The number of nitrogens with zero attached hydrogens (tertiary/aromatic N) is 1. The fourth-order valence-corrected chi connectivity index (χ4v) is 2.79. The summed E-state index contributed by atoms with van der Waals surface area (Å²) in [7, 11) is 0. The van der Waals surface area contributed by atoms with Gasteiger partial charge in [-0.1, -0.05) is 42.5 Å². The maximum absolute atomic E-state index is 12.2. The van der Waals surface area contributed by atoms with Gasteiger partial charge in [0.15, 0.2) is 0 Å².